The first kappa shape index (κ1) is 12.4. The van der Waals surface area contributed by atoms with Crippen LogP contribution < -0.4 is 0 Å². The van der Waals surface area contributed by atoms with Crippen LogP contribution in [0.5, 0.6) is 0 Å². The molecular weight excluding hydrogens is 244 g/mol. The second kappa shape index (κ2) is 6.02. The van der Waals surface area contributed by atoms with Crippen LogP contribution in [0.1, 0.15) is 30.5 Å². The van der Waals surface area contributed by atoms with Crippen LogP contribution in [0.2, 0.25) is 0 Å². The van der Waals surface area contributed by atoms with Gasteiger partial charge in [0.2, 0.25) is 0 Å². The van der Waals surface area contributed by atoms with Gasteiger partial charge in [-0.3, -0.25) is 0 Å². The molecule has 1 aromatic rings. The van der Waals surface area contributed by atoms with Gasteiger partial charge in [0.15, 0.2) is 0 Å². The summed E-state index contributed by atoms with van der Waals surface area (Å²) < 4.78 is 15.3. The van der Waals surface area contributed by atoms with Gasteiger partial charge < -0.3 is 13.9 Å². The number of hydrogen-bond acceptors (Lipinski definition) is 7. The van der Waals surface area contributed by atoms with Gasteiger partial charge in [-0.1, -0.05) is 16.9 Å². The summed E-state index contributed by atoms with van der Waals surface area (Å²) in [6.07, 6.45) is 2.10. The molecule has 0 amide bonds. The summed E-state index contributed by atoms with van der Waals surface area (Å²) in [4.78, 5) is 11.3. The van der Waals surface area contributed by atoms with Crippen molar-refractivity contribution in [2.75, 3.05) is 19.8 Å². The molecule has 6 nitrogen and oxygen atoms in total. The zero-order valence-corrected chi connectivity index (χ0v) is 10.4. The molecule has 17 heavy (non-hydrogen) atoms. The Kier molecular flexibility index (Phi) is 4.38. The second-order valence-corrected chi connectivity index (χ2v) is 4.80. The molecule has 0 bridgehead atoms. The SMILES string of the molecule is CCOC(=O)c1nnc(SC2CCCOC2)o1. The highest BCUT2D eigenvalue weighted by Crippen LogP contribution is 2.27. The van der Waals surface area contributed by atoms with Crippen molar-refractivity contribution in [1.29, 1.82) is 0 Å². The summed E-state index contributed by atoms with van der Waals surface area (Å²) in [5.41, 5.74) is 0. The van der Waals surface area contributed by atoms with Gasteiger partial charge in [0.1, 0.15) is 0 Å². The van der Waals surface area contributed by atoms with Crippen molar-refractivity contribution in [2.24, 2.45) is 0 Å². The Morgan fingerprint density at radius 1 is 1.59 bits per heavy atom. The van der Waals surface area contributed by atoms with Crippen LogP contribution in [0, 0.1) is 0 Å². The maximum atomic E-state index is 11.3. The summed E-state index contributed by atoms with van der Waals surface area (Å²) in [6, 6.07) is 0. The zero-order valence-electron chi connectivity index (χ0n) is 9.55. The number of hydrogen-bond donors (Lipinski definition) is 0. The number of esters is 1. The van der Waals surface area contributed by atoms with Crippen LogP contribution >= 0.6 is 11.8 Å². The standard InChI is InChI=1S/C10H14N2O4S/c1-2-15-9(13)8-11-12-10(16-8)17-7-4-3-5-14-6-7/h7H,2-6H2,1H3. The number of thioether (sulfide) groups is 1. The van der Waals surface area contributed by atoms with E-state index in [0.717, 1.165) is 19.4 Å². The molecule has 0 radical (unpaired) electrons. The molecule has 94 valence electrons. The fourth-order valence-electron chi connectivity index (χ4n) is 1.48. The van der Waals surface area contributed by atoms with Gasteiger partial charge in [0, 0.05) is 11.9 Å². The van der Waals surface area contributed by atoms with E-state index in [-0.39, 0.29) is 5.89 Å². The predicted molar refractivity (Wildman–Crippen MR) is 60.0 cm³/mol. The largest absolute Gasteiger partial charge is 0.459 e. The van der Waals surface area contributed by atoms with Gasteiger partial charge in [-0.2, -0.15) is 0 Å². The molecule has 0 aromatic carbocycles. The number of ether oxygens (including phenoxy) is 2. The van der Waals surface area contributed by atoms with Crippen LogP contribution in [-0.2, 0) is 9.47 Å². The molecule has 0 saturated carbocycles. The van der Waals surface area contributed by atoms with E-state index in [1.54, 1.807) is 6.92 Å². The lowest BCUT2D eigenvalue weighted by Crippen LogP contribution is -2.19. The summed E-state index contributed by atoms with van der Waals surface area (Å²) in [7, 11) is 0. The minimum atomic E-state index is -0.577. The smallest absolute Gasteiger partial charge is 0.396 e. The number of aromatic nitrogens is 2. The summed E-state index contributed by atoms with van der Waals surface area (Å²) in [5.74, 6) is -0.669. The quantitative estimate of drug-likeness (QED) is 0.758. The van der Waals surface area contributed by atoms with Gasteiger partial charge in [-0.25, -0.2) is 4.79 Å². The lowest BCUT2D eigenvalue weighted by molar-refractivity contribution is 0.0475. The maximum Gasteiger partial charge on any atom is 0.396 e. The van der Waals surface area contributed by atoms with Gasteiger partial charge in [-0.05, 0) is 19.8 Å². The lowest BCUT2D eigenvalue weighted by atomic mass is 10.2. The van der Waals surface area contributed by atoms with E-state index in [0.29, 0.717) is 23.7 Å². The molecule has 1 aliphatic rings. The molecule has 0 spiro atoms. The van der Waals surface area contributed by atoms with Crippen molar-refractivity contribution in [3.05, 3.63) is 5.89 Å². The van der Waals surface area contributed by atoms with Crippen LogP contribution in [-0.4, -0.2) is 41.2 Å². The van der Waals surface area contributed by atoms with Gasteiger partial charge in [-0.15, -0.1) is 5.10 Å². The Balaban J connectivity index is 1.91. The van der Waals surface area contributed by atoms with Crippen LogP contribution in [0.15, 0.2) is 9.64 Å². The van der Waals surface area contributed by atoms with Gasteiger partial charge in [0.25, 0.3) is 5.22 Å². The highest BCUT2D eigenvalue weighted by molar-refractivity contribution is 7.99. The van der Waals surface area contributed by atoms with Crippen molar-refractivity contribution >= 4 is 17.7 Å². The van der Waals surface area contributed by atoms with E-state index >= 15 is 0 Å². The minimum absolute atomic E-state index is 0.0916. The van der Waals surface area contributed by atoms with Crippen molar-refractivity contribution in [2.45, 2.75) is 30.2 Å². The zero-order chi connectivity index (χ0) is 12.1. The first-order valence-electron chi connectivity index (χ1n) is 5.54. The molecule has 1 unspecified atom stereocenters. The third-order valence-corrected chi connectivity index (χ3v) is 3.31. The molecule has 7 heteroatoms. The number of rotatable bonds is 4. The summed E-state index contributed by atoms with van der Waals surface area (Å²) >= 11 is 1.45. The first-order chi connectivity index (χ1) is 8.29. The van der Waals surface area contributed by atoms with E-state index < -0.39 is 5.97 Å². The Bertz CT molecular complexity index is 376. The highest BCUT2D eigenvalue weighted by atomic mass is 32.2. The second-order valence-electron chi connectivity index (χ2n) is 3.55. The number of nitrogens with zero attached hydrogens (tertiary/aromatic N) is 2. The molecule has 1 aliphatic heterocycles. The lowest BCUT2D eigenvalue weighted by Gasteiger charge is -2.19. The third-order valence-electron chi connectivity index (χ3n) is 2.24. The minimum Gasteiger partial charge on any atom is -0.459 e. The fourth-order valence-corrected chi connectivity index (χ4v) is 2.43. The third kappa shape index (κ3) is 3.44. The monoisotopic (exact) mass is 258 g/mol. The molecule has 1 fully saturated rings. The molecule has 1 saturated heterocycles. The Labute approximate surface area is 103 Å². The van der Waals surface area contributed by atoms with Crippen molar-refractivity contribution in [3.8, 4) is 0 Å². The van der Waals surface area contributed by atoms with Gasteiger partial charge >= 0.3 is 11.9 Å². The molecule has 2 heterocycles. The van der Waals surface area contributed by atoms with Crippen LogP contribution in [0.3, 0.4) is 0 Å². The van der Waals surface area contributed by atoms with Crippen LogP contribution in [0.25, 0.3) is 0 Å². The van der Waals surface area contributed by atoms with E-state index in [1.807, 2.05) is 0 Å². The molecule has 0 N–H and O–H groups in total. The number of carbonyl (C=O) groups excluding carboxylic acids is 1. The van der Waals surface area contributed by atoms with Crippen molar-refractivity contribution in [1.82, 2.24) is 10.2 Å². The molecule has 1 aromatic heterocycles. The Morgan fingerprint density at radius 3 is 3.18 bits per heavy atom. The topological polar surface area (TPSA) is 74.5 Å². The van der Waals surface area contributed by atoms with E-state index in [1.165, 1.54) is 11.8 Å². The van der Waals surface area contributed by atoms with Crippen molar-refractivity contribution < 1.29 is 18.7 Å². The number of carbonyl (C=O) groups is 1. The molecule has 0 aliphatic carbocycles. The normalized spacial score (nSPS) is 20.2. The predicted octanol–water partition coefficient (Wildman–Crippen LogP) is 1.52. The highest BCUT2D eigenvalue weighted by Gasteiger charge is 2.21. The van der Waals surface area contributed by atoms with E-state index in [4.69, 9.17) is 13.9 Å². The maximum absolute atomic E-state index is 11.3. The Hall–Kier alpha value is -1.08. The van der Waals surface area contributed by atoms with Gasteiger partial charge in [0.05, 0.1) is 13.2 Å². The van der Waals surface area contributed by atoms with E-state index in [2.05, 4.69) is 10.2 Å². The average Bonchev–Trinajstić information content (AvgIpc) is 2.79. The summed E-state index contributed by atoms with van der Waals surface area (Å²) in [6.45, 7) is 3.51. The van der Waals surface area contributed by atoms with E-state index in [9.17, 15) is 4.79 Å². The Morgan fingerprint density at radius 2 is 2.47 bits per heavy atom. The first-order valence-corrected chi connectivity index (χ1v) is 6.42. The average molecular weight is 258 g/mol. The van der Waals surface area contributed by atoms with Crippen LogP contribution in [0.4, 0.5) is 0 Å². The molecule has 1 atom stereocenters. The molecular formula is C10H14N2O4S. The summed E-state index contributed by atoms with van der Waals surface area (Å²) in [5, 5.41) is 8.16. The van der Waals surface area contributed by atoms with Crippen molar-refractivity contribution in [3.63, 3.8) is 0 Å². The molecule has 2 rings (SSSR count). The fraction of sp³-hybridized carbons (Fsp3) is 0.700.